The van der Waals surface area contributed by atoms with E-state index in [9.17, 15) is 4.79 Å². The van der Waals surface area contributed by atoms with Crippen molar-refractivity contribution < 1.29 is 9.22 Å². The number of hydrogen-bond acceptors (Lipinski definition) is 3. The fourth-order valence-electron chi connectivity index (χ4n) is 3.14. The molecule has 0 spiro atoms. The Kier molecular flexibility index (Phi) is 6.18. The van der Waals surface area contributed by atoms with Crippen LogP contribution in [-0.2, 0) is 15.6 Å². The first-order chi connectivity index (χ1) is 13.5. The molecule has 0 aromatic heterocycles. The molecule has 1 aliphatic heterocycles. The number of halogens is 1. The van der Waals surface area contributed by atoms with Crippen molar-refractivity contribution in [3.8, 4) is 0 Å². The summed E-state index contributed by atoms with van der Waals surface area (Å²) in [4.78, 5) is 18.0. The monoisotopic (exact) mass is 427 g/mol. The van der Waals surface area contributed by atoms with Gasteiger partial charge in [-0.1, -0.05) is 62.2 Å². The molecule has 0 fully saturated rings. The molecule has 3 nitrogen and oxygen atoms in total. The zero-order chi connectivity index (χ0) is 21.4. The summed E-state index contributed by atoms with van der Waals surface area (Å²) in [5.41, 5.74) is 5.00. The van der Waals surface area contributed by atoms with Gasteiger partial charge in [-0.15, -0.1) is 0 Å². The molecule has 1 atom stereocenters. The Bertz CT molecular complexity index is 942. The van der Waals surface area contributed by atoms with Crippen molar-refractivity contribution in [2.45, 2.75) is 58.3 Å². The molecule has 1 heterocycles. The van der Waals surface area contributed by atoms with Gasteiger partial charge in [0.1, 0.15) is 6.04 Å². The minimum Gasteiger partial charge on any atom is -0.414 e. The number of carbonyl (C=O) groups is 1. The number of aliphatic imine (C=N–C) groups is 1. The van der Waals surface area contributed by atoms with Crippen molar-refractivity contribution in [2.75, 3.05) is 6.61 Å². The SMILES string of the molecule is Cc1ccc2c(c1)C(c1ccc(Cl)cc1)=N[C@@H](CO[Si](C)(C)C(C)(C)C)C(=O)C2. The van der Waals surface area contributed by atoms with E-state index >= 15 is 0 Å². The second-order valence-corrected chi connectivity index (χ2v) is 14.6. The van der Waals surface area contributed by atoms with Gasteiger partial charge in [-0.3, -0.25) is 9.79 Å². The maximum absolute atomic E-state index is 13.1. The summed E-state index contributed by atoms with van der Waals surface area (Å²) in [7, 11) is -1.97. The predicted molar refractivity (Wildman–Crippen MR) is 124 cm³/mol. The maximum Gasteiger partial charge on any atom is 0.192 e. The molecule has 0 aliphatic carbocycles. The summed E-state index contributed by atoms with van der Waals surface area (Å²) >= 11 is 6.09. The number of aryl methyl sites for hydroxylation is 1. The molecule has 29 heavy (non-hydrogen) atoms. The Morgan fingerprint density at radius 3 is 2.41 bits per heavy atom. The van der Waals surface area contributed by atoms with Gasteiger partial charge >= 0.3 is 0 Å². The van der Waals surface area contributed by atoms with E-state index in [4.69, 9.17) is 21.0 Å². The van der Waals surface area contributed by atoms with Crippen molar-refractivity contribution in [1.82, 2.24) is 0 Å². The molecule has 5 heteroatoms. The van der Waals surface area contributed by atoms with Gasteiger partial charge in [-0.05, 0) is 48.8 Å². The lowest BCUT2D eigenvalue weighted by atomic mass is 9.94. The smallest absolute Gasteiger partial charge is 0.192 e. The molecule has 154 valence electrons. The van der Waals surface area contributed by atoms with E-state index in [0.29, 0.717) is 18.1 Å². The molecule has 3 rings (SSSR count). The Hall–Kier alpha value is -1.75. The Morgan fingerprint density at radius 1 is 1.14 bits per heavy atom. The molecule has 0 unspecified atom stereocenters. The second-order valence-electron chi connectivity index (χ2n) is 9.38. The summed E-state index contributed by atoms with van der Waals surface area (Å²) in [5.74, 6) is 0.109. The first kappa shape index (κ1) is 21.9. The molecular weight excluding hydrogens is 398 g/mol. The highest BCUT2D eigenvalue weighted by molar-refractivity contribution is 6.74. The van der Waals surface area contributed by atoms with Gasteiger partial charge in [0, 0.05) is 22.6 Å². The van der Waals surface area contributed by atoms with Crippen LogP contribution in [0.1, 0.15) is 43.0 Å². The van der Waals surface area contributed by atoms with Crippen LogP contribution < -0.4 is 0 Å². The summed E-state index contributed by atoms with van der Waals surface area (Å²) < 4.78 is 6.38. The fourth-order valence-corrected chi connectivity index (χ4v) is 4.27. The van der Waals surface area contributed by atoms with Crippen molar-refractivity contribution >= 4 is 31.4 Å². The van der Waals surface area contributed by atoms with Crippen LogP contribution in [0.4, 0.5) is 0 Å². The van der Waals surface area contributed by atoms with Crippen LogP contribution in [0.5, 0.6) is 0 Å². The van der Waals surface area contributed by atoms with Crippen LogP contribution in [0, 0.1) is 6.92 Å². The molecule has 0 saturated heterocycles. The summed E-state index contributed by atoms with van der Waals surface area (Å²) in [6, 6.07) is 13.4. The number of Topliss-reactive ketones (excluding diaryl/α,β-unsaturated/α-hetero) is 1. The summed E-state index contributed by atoms with van der Waals surface area (Å²) in [6.07, 6.45) is 0.377. The average molecular weight is 428 g/mol. The lowest BCUT2D eigenvalue weighted by Gasteiger charge is -2.36. The van der Waals surface area contributed by atoms with Crippen LogP contribution >= 0.6 is 11.6 Å². The van der Waals surface area contributed by atoms with E-state index in [1.54, 1.807) is 0 Å². The number of hydrogen-bond donors (Lipinski definition) is 0. The van der Waals surface area contributed by atoms with Crippen LogP contribution in [0.25, 0.3) is 0 Å². The van der Waals surface area contributed by atoms with Crippen LogP contribution in [-0.4, -0.2) is 32.5 Å². The fraction of sp³-hybridized carbons (Fsp3) is 0.417. The normalized spacial score (nSPS) is 17.6. The van der Waals surface area contributed by atoms with E-state index in [2.05, 4.69) is 52.9 Å². The number of fused-ring (bicyclic) bond motifs is 1. The van der Waals surface area contributed by atoms with Crippen molar-refractivity contribution in [3.05, 3.63) is 69.7 Å². The van der Waals surface area contributed by atoms with Crippen molar-refractivity contribution in [2.24, 2.45) is 4.99 Å². The third-order valence-corrected chi connectivity index (χ3v) is 10.8. The summed E-state index contributed by atoms with van der Waals surface area (Å²) in [6.45, 7) is 13.4. The second kappa shape index (κ2) is 8.17. The minimum atomic E-state index is -1.97. The summed E-state index contributed by atoms with van der Waals surface area (Å²) in [5, 5.41) is 0.769. The van der Waals surface area contributed by atoms with E-state index in [1.807, 2.05) is 30.3 Å². The molecule has 0 radical (unpaired) electrons. The molecule has 0 bridgehead atoms. The highest BCUT2D eigenvalue weighted by Crippen LogP contribution is 2.37. The third-order valence-electron chi connectivity index (χ3n) is 6.07. The predicted octanol–water partition coefficient (Wildman–Crippen LogP) is 6.00. The number of carbonyl (C=O) groups excluding carboxylic acids is 1. The topological polar surface area (TPSA) is 38.7 Å². The molecule has 2 aromatic carbocycles. The molecule has 0 N–H and O–H groups in total. The first-order valence-corrected chi connectivity index (χ1v) is 13.4. The lowest BCUT2D eigenvalue weighted by molar-refractivity contribution is -0.120. The standard InChI is InChI=1S/C24H30ClNO2Si/c1-16-7-8-18-14-22(27)21(15-28-29(5,6)24(2,3)4)26-23(20(18)13-16)17-9-11-19(25)12-10-17/h7-13,21H,14-15H2,1-6H3/t21-/m0/s1. The average Bonchev–Trinajstić information content (AvgIpc) is 2.76. The Balaban J connectivity index is 2.02. The van der Waals surface area contributed by atoms with Crippen molar-refractivity contribution in [1.29, 1.82) is 0 Å². The highest BCUT2D eigenvalue weighted by atomic mass is 35.5. The molecule has 0 saturated carbocycles. The number of benzene rings is 2. The van der Waals surface area contributed by atoms with E-state index in [1.165, 1.54) is 0 Å². The van der Waals surface area contributed by atoms with Crippen LogP contribution in [0.15, 0.2) is 47.5 Å². The van der Waals surface area contributed by atoms with Gasteiger partial charge in [0.2, 0.25) is 0 Å². The Morgan fingerprint density at radius 2 is 1.79 bits per heavy atom. The van der Waals surface area contributed by atoms with Crippen LogP contribution in [0.2, 0.25) is 23.2 Å². The zero-order valence-corrected chi connectivity index (χ0v) is 19.9. The van der Waals surface area contributed by atoms with E-state index in [-0.39, 0.29) is 10.8 Å². The van der Waals surface area contributed by atoms with Gasteiger partial charge in [0.25, 0.3) is 0 Å². The quantitative estimate of drug-likeness (QED) is 0.561. The molecule has 1 aliphatic rings. The van der Waals surface area contributed by atoms with Gasteiger partial charge in [-0.25, -0.2) is 0 Å². The molecule has 0 amide bonds. The van der Waals surface area contributed by atoms with Gasteiger partial charge < -0.3 is 4.43 Å². The zero-order valence-electron chi connectivity index (χ0n) is 18.2. The van der Waals surface area contributed by atoms with E-state index in [0.717, 1.165) is 28.0 Å². The largest absolute Gasteiger partial charge is 0.414 e. The van der Waals surface area contributed by atoms with Gasteiger partial charge in [-0.2, -0.15) is 0 Å². The maximum atomic E-state index is 13.1. The van der Waals surface area contributed by atoms with Gasteiger partial charge in [0.05, 0.1) is 12.3 Å². The number of rotatable bonds is 4. The number of nitrogens with zero attached hydrogens (tertiary/aromatic N) is 1. The van der Waals surface area contributed by atoms with Crippen LogP contribution in [0.3, 0.4) is 0 Å². The minimum absolute atomic E-state index is 0.0869. The molecular formula is C24H30ClNO2Si. The number of ketones is 1. The third kappa shape index (κ3) is 4.88. The first-order valence-electron chi connectivity index (χ1n) is 10.1. The lowest BCUT2D eigenvalue weighted by Crippen LogP contribution is -2.43. The van der Waals surface area contributed by atoms with Gasteiger partial charge in [0.15, 0.2) is 14.1 Å². The van der Waals surface area contributed by atoms with Crippen molar-refractivity contribution in [3.63, 3.8) is 0 Å². The Labute approximate surface area is 180 Å². The van der Waals surface area contributed by atoms with E-state index < -0.39 is 14.4 Å². The highest BCUT2D eigenvalue weighted by Gasteiger charge is 2.38. The molecule has 2 aromatic rings.